The van der Waals surface area contributed by atoms with E-state index < -0.39 is 0 Å². The number of hydrogen-bond acceptors (Lipinski definition) is 2. The van der Waals surface area contributed by atoms with Crippen molar-refractivity contribution < 1.29 is 0 Å². The van der Waals surface area contributed by atoms with Gasteiger partial charge in [-0.1, -0.05) is 29.3 Å². The highest BCUT2D eigenvalue weighted by atomic mass is 35.5. The summed E-state index contributed by atoms with van der Waals surface area (Å²) in [5, 5.41) is 4.78. The van der Waals surface area contributed by atoms with Gasteiger partial charge in [0, 0.05) is 46.2 Å². The van der Waals surface area contributed by atoms with Crippen molar-refractivity contribution in [1.82, 2.24) is 10.3 Å². The summed E-state index contributed by atoms with van der Waals surface area (Å²) in [6, 6.07) is 8.35. The van der Waals surface area contributed by atoms with Crippen LogP contribution >= 0.6 is 23.2 Å². The average molecular weight is 293 g/mol. The molecule has 0 amide bonds. The van der Waals surface area contributed by atoms with E-state index in [9.17, 15) is 0 Å². The third-order valence-corrected chi connectivity index (χ3v) is 3.76. The highest BCUT2D eigenvalue weighted by Crippen LogP contribution is 2.30. The monoisotopic (exact) mass is 292 g/mol. The summed E-state index contributed by atoms with van der Waals surface area (Å²) in [4.78, 5) is 4.29. The molecule has 1 aliphatic carbocycles. The lowest BCUT2D eigenvalue weighted by molar-refractivity contribution is 0.686. The molecule has 19 heavy (non-hydrogen) atoms. The van der Waals surface area contributed by atoms with Crippen LogP contribution in [0.5, 0.6) is 0 Å². The first-order valence-electron chi connectivity index (χ1n) is 6.35. The van der Waals surface area contributed by atoms with Crippen molar-refractivity contribution in [2.75, 3.05) is 0 Å². The van der Waals surface area contributed by atoms with Crippen LogP contribution in [0.3, 0.4) is 0 Å². The Morgan fingerprint density at radius 2 is 2.00 bits per heavy atom. The Bertz CT molecular complexity index is 594. The Balaban J connectivity index is 1.84. The maximum atomic E-state index is 6.23. The zero-order valence-corrected chi connectivity index (χ0v) is 11.9. The number of benzene rings is 1. The number of aromatic nitrogens is 1. The molecule has 0 radical (unpaired) electrons. The van der Waals surface area contributed by atoms with Crippen molar-refractivity contribution in [1.29, 1.82) is 0 Å². The van der Waals surface area contributed by atoms with Gasteiger partial charge in [0.15, 0.2) is 0 Å². The van der Waals surface area contributed by atoms with Crippen LogP contribution in [-0.2, 0) is 6.54 Å². The second-order valence-electron chi connectivity index (χ2n) is 4.86. The lowest BCUT2D eigenvalue weighted by Gasteiger charge is -2.08. The third-order valence-electron chi connectivity index (χ3n) is 3.21. The van der Waals surface area contributed by atoms with Gasteiger partial charge in [-0.05, 0) is 36.6 Å². The van der Waals surface area contributed by atoms with Crippen LogP contribution in [-0.4, -0.2) is 11.0 Å². The Morgan fingerprint density at radius 3 is 2.74 bits per heavy atom. The van der Waals surface area contributed by atoms with Gasteiger partial charge in [0.2, 0.25) is 0 Å². The van der Waals surface area contributed by atoms with E-state index in [2.05, 4.69) is 16.4 Å². The van der Waals surface area contributed by atoms with E-state index in [1.807, 2.05) is 24.5 Å². The minimum absolute atomic E-state index is 0.647. The average Bonchev–Trinajstić information content (AvgIpc) is 3.21. The first-order chi connectivity index (χ1) is 9.22. The molecule has 1 heterocycles. The standard InChI is InChI=1S/C15H14Cl2N2/c16-12-1-4-14(15(17)6-12)11-5-10(7-18-9-11)8-19-13-2-3-13/h1,4-7,9,13,19H,2-3,8H2. The van der Waals surface area contributed by atoms with Crippen molar-refractivity contribution in [3.05, 3.63) is 52.3 Å². The molecule has 2 aromatic rings. The van der Waals surface area contributed by atoms with Gasteiger partial charge in [-0.3, -0.25) is 4.98 Å². The summed E-state index contributed by atoms with van der Waals surface area (Å²) in [5.41, 5.74) is 3.17. The summed E-state index contributed by atoms with van der Waals surface area (Å²) in [6.45, 7) is 0.858. The summed E-state index contributed by atoms with van der Waals surface area (Å²) < 4.78 is 0. The van der Waals surface area contributed by atoms with Crippen LogP contribution in [0, 0.1) is 0 Å². The molecule has 1 aromatic heterocycles. The van der Waals surface area contributed by atoms with Gasteiger partial charge in [0.05, 0.1) is 0 Å². The molecule has 1 N–H and O–H groups in total. The second kappa shape index (κ2) is 5.49. The normalized spacial score (nSPS) is 14.6. The van der Waals surface area contributed by atoms with Crippen LogP contribution in [0.4, 0.5) is 0 Å². The molecule has 98 valence electrons. The molecular weight excluding hydrogens is 279 g/mol. The fraction of sp³-hybridized carbons (Fsp3) is 0.267. The van der Waals surface area contributed by atoms with Gasteiger partial charge >= 0.3 is 0 Å². The lowest BCUT2D eigenvalue weighted by atomic mass is 10.1. The van der Waals surface area contributed by atoms with E-state index in [1.54, 1.807) is 6.07 Å². The molecule has 3 rings (SSSR count). The maximum Gasteiger partial charge on any atom is 0.0499 e. The zero-order valence-electron chi connectivity index (χ0n) is 10.4. The van der Waals surface area contributed by atoms with Gasteiger partial charge in [0.25, 0.3) is 0 Å². The Morgan fingerprint density at radius 1 is 1.16 bits per heavy atom. The van der Waals surface area contributed by atoms with Gasteiger partial charge in [-0.25, -0.2) is 0 Å². The van der Waals surface area contributed by atoms with Crippen molar-refractivity contribution >= 4 is 23.2 Å². The maximum absolute atomic E-state index is 6.23. The van der Waals surface area contributed by atoms with Crippen LogP contribution < -0.4 is 5.32 Å². The van der Waals surface area contributed by atoms with Crippen LogP contribution in [0.1, 0.15) is 18.4 Å². The lowest BCUT2D eigenvalue weighted by Crippen LogP contribution is -2.15. The third kappa shape index (κ3) is 3.27. The second-order valence-corrected chi connectivity index (χ2v) is 5.70. The van der Waals surface area contributed by atoms with Gasteiger partial charge in [-0.2, -0.15) is 0 Å². The molecule has 1 aromatic carbocycles. The summed E-state index contributed by atoms with van der Waals surface area (Å²) in [7, 11) is 0. The molecule has 0 unspecified atom stereocenters. The molecule has 1 saturated carbocycles. The number of hydrogen-bond donors (Lipinski definition) is 1. The van der Waals surface area contributed by atoms with E-state index in [1.165, 1.54) is 18.4 Å². The van der Waals surface area contributed by atoms with E-state index in [0.717, 1.165) is 17.7 Å². The topological polar surface area (TPSA) is 24.9 Å². The number of nitrogens with one attached hydrogen (secondary N) is 1. The Hall–Kier alpha value is -1.09. The van der Waals surface area contributed by atoms with E-state index in [0.29, 0.717) is 16.1 Å². The van der Waals surface area contributed by atoms with Crippen molar-refractivity contribution in [3.63, 3.8) is 0 Å². The molecule has 1 fully saturated rings. The summed E-state index contributed by atoms with van der Waals surface area (Å²) in [5.74, 6) is 0. The molecule has 4 heteroatoms. The highest BCUT2D eigenvalue weighted by molar-refractivity contribution is 6.36. The van der Waals surface area contributed by atoms with Gasteiger partial charge in [-0.15, -0.1) is 0 Å². The highest BCUT2D eigenvalue weighted by Gasteiger charge is 2.20. The molecule has 0 saturated heterocycles. The summed E-state index contributed by atoms with van der Waals surface area (Å²) >= 11 is 12.1. The van der Waals surface area contributed by atoms with Gasteiger partial charge in [0.1, 0.15) is 0 Å². The molecule has 0 atom stereocenters. The molecule has 2 nitrogen and oxygen atoms in total. The van der Waals surface area contributed by atoms with Crippen molar-refractivity contribution in [2.24, 2.45) is 0 Å². The largest absolute Gasteiger partial charge is 0.310 e. The number of nitrogens with zero attached hydrogens (tertiary/aromatic N) is 1. The molecule has 0 spiro atoms. The molecular formula is C15H14Cl2N2. The fourth-order valence-corrected chi connectivity index (χ4v) is 2.52. The number of pyridine rings is 1. The smallest absolute Gasteiger partial charge is 0.0499 e. The van der Waals surface area contributed by atoms with Gasteiger partial charge < -0.3 is 5.32 Å². The van der Waals surface area contributed by atoms with Crippen LogP contribution in [0.15, 0.2) is 36.7 Å². The fourth-order valence-electron chi connectivity index (χ4n) is 2.00. The van der Waals surface area contributed by atoms with Crippen molar-refractivity contribution in [2.45, 2.75) is 25.4 Å². The predicted molar refractivity (Wildman–Crippen MR) is 79.6 cm³/mol. The van der Waals surface area contributed by atoms with E-state index >= 15 is 0 Å². The molecule has 0 aliphatic heterocycles. The first kappa shape index (κ1) is 12.9. The minimum atomic E-state index is 0.647. The predicted octanol–water partition coefficient (Wildman–Crippen LogP) is 4.31. The quantitative estimate of drug-likeness (QED) is 0.908. The minimum Gasteiger partial charge on any atom is -0.310 e. The first-order valence-corrected chi connectivity index (χ1v) is 7.11. The molecule has 1 aliphatic rings. The van der Waals surface area contributed by atoms with Crippen LogP contribution in [0.25, 0.3) is 11.1 Å². The number of halogens is 2. The van der Waals surface area contributed by atoms with E-state index in [-0.39, 0.29) is 0 Å². The van der Waals surface area contributed by atoms with E-state index in [4.69, 9.17) is 23.2 Å². The zero-order chi connectivity index (χ0) is 13.2. The Labute approximate surface area is 122 Å². The van der Waals surface area contributed by atoms with Crippen molar-refractivity contribution in [3.8, 4) is 11.1 Å². The summed E-state index contributed by atoms with van der Waals surface area (Å²) in [6.07, 6.45) is 6.30. The molecule has 0 bridgehead atoms. The number of rotatable bonds is 4. The SMILES string of the molecule is Clc1ccc(-c2cncc(CNC3CC3)c2)c(Cl)c1. The van der Waals surface area contributed by atoms with Crippen LogP contribution in [0.2, 0.25) is 10.0 Å². The Kier molecular flexibility index (Phi) is 3.74.